The molecule has 0 aliphatic heterocycles. The highest BCUT2D eigenvalue weighted by atomic mass is 32.2. The summed E-state index contributed by atoms with van der Waals surface area (Å²) in [6.45, 7) is 2.69. The molecule has 5 nitrogen and oxygen atoms in total. The van der Waals surface area contributed by atoms with Gasteiger partial charge in [0.2, 0.25) is 5.37 Å². The Kier molecular flexibility index (Phi) is 12.1. The maximum absolute atomic E-state index is 11.5. The third-order valence-corrected chi connectivity index (χ3v) is 6.08. The number of aliphatic hydroxyl groups excluding tert-OH is 1. The largest absolute Gasteiger partial charge is 0.396 e. The standard InChI is InChI=1S/C17H37NO4S/c1-4-5-6-7-8-9-10-11-12-13-15-18(2,3)17(14-16-19)23(20,21)22/h17,19H,4-16H2,1-3H3/p+1. The lowest BCUT2D eigenvalue weighted by molar-refractivity contribution is -0.902. The summed E-state index contributed by atoms with van der Waals surface area (Å²) in [5.41, 5.74) is 0. The van der Waals surface area contributed by atoms with Gasteiger partial charge in [-0.25, -0.2) is 0 Å². The average Bonchev–Trinajstić information content (AvgIpc) is 2.45. The lowest BCUT2D eigenvalue weighted by Crippen LogP contribution is -2.53. The van der Waals surface area contributed by atoms with Crippen molar-refractivity contribution in [2.45, 2.75) is 82.9 Å². The van der Waals surface area contributed by atoms with E-state index in [0.717, 1.165) is 12.8 Å². The van der Waals surface area contributed by atoms with Gasteiger partial charge in [0.25, 0.3) is 0 Å². The van der Waals surface area contributed by atoms with Crippen molar-refractivity contribution in [3.8, 4) is 0 Å². The van der Waals surface area contributed by atoms with Gasteiger partial charge in [-0.15, -0.1) is 0 Å². The van der Waals surface area contributed by atoms with Gasteiger partial charge >= 0.3 is 10.1 Å². The molecule has 140 valence electrons. The zero-order valence-electron chi connectivity index (χ0n) is 15.3. The number of rotatable bonds is 15. The Bertz CT molecular complexity index is 382. The van der Waals surface area contributed by atoms with E-state index in [2.05, 4.69) is 6.92 Å². The van der Waals surface area contributed by atoms with Crippen LogP contribution in [0.4, 0.5) is 0 Å². The van der Waals surface area contributed by atoms with Crippen molar-refractivity contribution < 1.29 is 22.6 Å². The van der Waals surface area contributed by atoms with Crippen molar-refractivity contribution >= 4 is 10.1 Å². The molecule has 0 fully saturated rings. The molecular weight excluding hydrogens is 314 g/mol. The quantitative estimate of drug-likeness (QED) is 0.268. The highest BCUT2D eigenvalue weighted by molar-refractivity contribution is 7.86. The van der Waals surface area contributed by atoms with Crippen LogP contribution < -0.4 is 0 Å². The highest BCUT2D eigenvalue weighted by Gasteiger charge is 2.37. The second-order valence-electron chi connectivity index (χ2n) is 7.17. The normalized spacial score (nSPS) is 14.1. The monoisotopic (exact) mass is 352 g/mol. The lowest BCUT2D eigenvalue weighted by Gasteiger charge is -2.35. The Hall–Kier alpha value is -0.170. The summed E-state index contributed by atoms with van der Waals surface area (Å²) in [6, 6.07) is 0. The van der Waals surface area contributed by atoms with Crippen LogP contribution in [0.15, 0.2) is 0 Å². The molecule has 1 atom stereocenters. The van der Waals surface area contributed by atoms with Gasteiger partial charge in [0.15, 0.2) is 0 Å². The van der Waals surface area contributed by atoms with Crippen LogP contribution in [0.5, 0.6) is 0 Å². The van der Waals surface area contributed by atoms with E-state index in [-0.39, 0.29) is 17.5 Å². The maximum atomic E-state index is 11.5. The fourth-order valence-corrected chi connectivity index (χ4v) is 4.35. The van der Waals surface area contributed by atoms with E-state index < -0.39 is 15.5 Å². The van der Waals surface area contributed by atoms with E-state index in [1.807, 2.05) is 14.1 Å². The van der Waals surface area contributed by atoms with E-state index in [9.17, 15) is 13.0 Å². The molecule has 6 heteroatoms. The molecule has 2 N–H and O–H groups in total. The second-order valence-corrected chi connectivity index (χ2v) is 8.74. The molecule has 0 aromatic rings. The minimum atomic E-state index is -4.14. The molecule has 0 spiro atoms. The van der Waals surface area contributed by atoms with Gasteiger partial charge < -0.3 is 9.59 Å². The molecule has 1 unspecified atom stereocenters. The van der Waals surface area contributed by atoms with Gasteiger partial charge in [-0.2, -0.15) is 8.42 Å². The van der Waals surface area contributed by atoms with Gasteiger partial charge in [-0.3, -0.25) is 4.55 Å². The number of quaternary nitrogens is 1. The molecule has 0 heterocycles. The third-order valence-electron chi connectivity index (χ3n) is 4.59. The molecule has 0 aromatic heterocycles. The fraction of sp³-hybridized carbons (Fsp3) is 1.00. The highest BCUT2D eigenvalue weighted by Crippen LogP contribution is 2.18. The van der Waals surface area contributed by atoms with Crippen LogP contribution in [0.1, 0.15) is 77.6 Å². The number of hydrogen-bond acceptors (Lipinski definition) is 3. The summed E-state index contributed by atoms with van der Waals surface area (Å²) in [4.78, 5) is 0. The Morgan fingerprint density at radius 2 is 1.30 bits per heavy atom. The van der Waals surface area contributed by atoms with Crippen molar-refractivity contribution in [1.29, 1.82) is 0 Å². The Morgan fingerprint density at radius 3 is 1.70 bits per heavy atom. The first-order valence-electron chi connectivity index (χ1n) is 9.15. The zero-order valence-corrected chi connectivity index (χ0v) is 16.2. The molecular formula is C17H38NO4S+. The Morgan fingerprint density at radius 1 is 0.870 bits per heavy atom. The van der Waals surface area contributed by atoms with Crippen molar-refractivity contribution in [3.05, 3.63) is 0 Å². The topological polar surface area (TPSA) is 74.6 Å². The van der Waals surface area contributed by atoms with Crippen LogP contribution in [0.25, 0.3) is 0 Å². The summed E-state index contributed by atoms with van der Waals surface area (Å²) in [7, 11) is -0.520. The summed E-state index contributed by atoms with van der Waals surface area (Å²) in [6.07, 6.45) is 12.5. The first-order valence-corrected chi connectivity index (χ1v) is 10.7. The van der Waals surface area contributed by atoms with Crippen molar-refractivity contribution in [2.24, 2.45) is 0 Å². The summed E-state index contributed by atoms with van der Waals surface area (Å²) in [5, 5.41) is 8.08. The molecule has 0 aliphatic rings. The lowest BCUT2D eigenvalue weighted by atomic mass is 10.1. The van der Waals surface area contributed by atoms with Gasteiger partial charge in [-0.1, -0.05) is 58.3 Å². The minimum Gasteiger partial charge on any atom is -0.396 e. The minimum absolute atomic E-state index is 0.0730. The van der Waals surface area contributed by atoms with Gasteiger partial charge in [0, 0.05) is 13.0 Å². The summed E-state index contributed by atoms with van der Waals surface area (Å²) < 4.78 is 32.5. The number of hydrogen-bond donors (Lipinski definition) is 2. The fourth-order valence-electron chi connectivity index (χ4n) is 3.12. The van der Waals surface area contributed by atoms with Gasteiger partial charge in [0.1, 0.15) is 0 Å². The Balaban J connectivity index is 3.88. The number of nitrogens with zero attached hydrogens (tertiary/aromatic N) is 1. The molecule has 0 saturated carbocycles. The maximum Gasteiger partial charge on any atom is 0.319 e. The molecule has 23 heavy (non-hydrogen) atoms. The van der Waals surface area contributed by atoms with Crippen molar-refractivity contribution in [2.75, 3.05) is 27.2 Å². The van der Waals surface area contributed by atoms with E-state index in [1.54, 1.807) is 0 Å². The predicted octanol–water partition coefficient (Wildman–Crippen LogP) is 3.58. The predicted molar refractivity (Wildman–Crippen MR) is 95.9 cm³/mol. The van der Waals surface area contributed by atoms with E-state index >= 15 is 0 Å². The van der Waals surface area contributed by atoms with Crippen molar-refractivity contribution in [3.63, 3.8) is 0 Å². The molecule has 0 saturated heterocycles. The molecule has 0 amide bonds. The molecule has 0 aromatic carbocycles. The third kappa shape index (κ3) is 11.1. The molecule has 0 aliphatic carbocycles. The van der Waals surface area contributed by atoms with Crippen LogP contribution in [0.2, 0.25) is 0 Å². The van der Waals surface area contributed by atoms with Gasteiger partial charge in [0.05, 0.1) is 20.6 Å². The molecule has 0 bridgehead atoms. The average molecular weight is 353 g/mol. The summed E-state index contributed by atoms with van der Waals surface area (Å²) >= 11 is 0. The van der Waals surface area contributed by atoms with Crippen LogP contribution in [-0.2, 0) is 10.1 Å². The second kappa shape index (κ2) is 12.2. The molecule has 0 rings (SSSR count). The number of aliphatic hydroxyl groups is 1. The smallest absolute Gasteiger partial charge is 0.319 e. The van der Waals surface area contributed by atoms with E-state index in [1.165, 1.54) is 51.4 Å². The SMILES string of the molecule is CCCCCCCCCCCC[N+](C)(C)C(CCO)S(=O)(=O)O. The zero-order chi connectivity index (χ0) is 17.8. The summed E-state index contributed by atoms with van der Waals surface area (Å²) in [5.74, 6) is 0. The van der Waals surface area contributed by atoms with E-state index in [4.69, 9.17) is 5.11 Å². The van der Waals surface area contributed by atoms with Crippen molar-refractivity contribution in [1.82, 2.24) is 0 Å². The van der Waals surface area contributed by atoms with Crippen LogP contribution in [0, 0.1) is 0 Å². The van der Waals surface area contributed by atoms with Crippen LogP contribution >= 0.6 is 0 Å². The Labute approximate surface area is 143 Å². The first kappa shape index (κ1) is 22.8. The van der Waals surface area contributed by atoms with Crippen LogP contribution in [0.3, 0.4) is 0 Å². The van der Waals surface area contributed by atoms with E-state index in [0.29, 0.717) is 6.54 Å². The molecule has 0 radical (unpaired) electrons. The van der Waals surface area contributed by atoms with Crippen LogP contribution in [-0.4, -0.2) is 55.2 Å². The van der Waals surface area contributed by atoms with Gasteiger partial charge in [-0.05, 0) is 12.8 Å². The number of unbranched alkanes of at least 4 members (excludes halogenated alkanes) is 9. The first-order chi connectivity index (χ1) is 10.8.